The van der Waals surface area contributed by atoms with Crippen LogP contribution in [0.1, 0.15) is 31.4 Å². The van der Waals surface area contributed by atoms with Gasteiger partial charge in [-0.3, -0.25) is 9.59 Å². The Labute approximate surface area is 123 Å². The highest BCUT2D eigenvalue weighted by atomic mass is 16.5. The Bertz CT molecular complexity index is 588. The van der Waals surface area contributed by atoms with Crippen molar-refractivity contribution in [2.45, 2.75) is 31.9 Å². The number of hydrogen-bond donors (Lipinski definition) is 3. The van der Waals surface area contributed by atoms with E-state index in [2.05, 4.69) is 17.6 Å². The lowest BCUT2D eigenvalue weighted by Gasteiger charge is -2.23. The Morgan fingerprint density at radius 2 is 1.95 bits per heavy atom. The summed E-state index contributed by atoms with van der Waals surface area (Å²) in [7, 11) is 0. The molecular weight excluding hydrogens is 270 g/mol. The SMILES string of the molecule is CC1CCOC1C(N)c1ccc2c(c1)NC(=O)CC(=O)N2. The molecule has 2 heterocycles. The molecule has 3 unspecified atom stereocenters. The first kappa shape index (κ1) is 14.0. The fourth-order valence-electron chi connectivity index (χ4n) is 2.88. The number of ether oxygens (including phenoxy) is 1. The van der Waals surface area contributed by atoms with E-state index < -0.39 is 0 Å². The van der Waals surface area contributed by atoms with Crippen LogP contribution in [-0.4, -0.2) is 24.5 Å². The number of rotatable bonds is 2. The number of carbonyl (C=O) groups is 2. The first-order valence-electron chi connectivity index (χ1n) is 7.15. The van der Waals surface area contributed by atoms with Crippen LogP contribution in [0.4, 0.5) is 11.4 Å². The molecule has 6 nitrogen and oxygen atoms in total. The van der Waals surface area contributed by atoms with Crippen LogP contribution in [0.5, 0.6) is 0 Å². The van der Waals surface area contributed by atoms with Gasteiger partial charge in [-0.2, -0.15) is 0 Å². The van der Waals surface area contributed by atoms with Gasteiger partial charge in [-0.05, 0) is 30.0 Å². The number of anilines is 2. The molecule has 1 fully saturated rings. The van der Waals surface area contributed by atoms with Gasteiger partial charge in [-0.1, -0.05) is 13.0 Å². The third-order valence-electron chi connectivity index (χ3n) is 4.10. The second-order valence-corrected chi connectivity index (χ2v) is 5.71. The number of nitrogens with one attached hydrogen (secondary N) is 2. The quantitative estimate of drug-likeness (QED) is 0.717. The lowest BCUT2D eigenvalue weighted by atomic mass is 9.93. The van der Waals surface area contributed by atoms with Crippen molar-refractivity contribution >= 4 is 23.2 Å². The summed E-state index contributed by atoms with van der Waals surface area (Å²) in [6.07, 6.45) is 0.827. The maximum atomic E-state index is 11.6. The summed E-state index contributed by atoms with van der Waals surface area (Å²) in [5.74, 6) is -0.216. The summed E-state index contributed by atoms with van der Waals surface area (Å²) in [5.41, 5.74) is 8.38. The van der Waals surface area contributed by atoms with Gasteiger partial charge in [0.2, 0.25) is 11.8 Å². The minimum absolute atomic E-state index is 0.0147. The summed E-state index contributed by atoms with van der Waals surface area (Å²) in [4.78, 5) is 23.1. The molecule has 2 aliphatic heterocycles. The van der Waals surface area contributed by atoms with E-state index in [4.69, 9.17) is 10.5 Å². The average molecular weight is 289 g/mol. The van der Waals surface area contributed by atoms with Crippen molar-refractivity contribution in [1.82, 2.24) is 0 Å². The highest BCUT2D eigenvalue weighted by molar-refractivity contribution is 6.13. The molecule has 0 spiro atoms. The van der Waals surface area contributed by atoms with Crippen LogP contribution >= 0.6 is 0 Å². The molecule has 0 aromatic heterocycles. The van der Waals surface area contributed by atoms with Crippen LogP contribution in [0.25, 0.3) is 0 Å². The lowest BCUT2D eigenvalue weighted by Crippen LogP contribution is -2.29. The summed E-state index contributed by atoms with van der Waals surface area (Å²) in [5, 5.41) is 5.43. The molecule has 0 saturated carbocycles. The number of carbonyl (C=O) groups excluding carboxylic acids is 2. The fourth-order valence-corrected chi connectivity index (χ4v) is 2.88. The molecule has 2 amide bonds. The van der Waals surface area contributed by atoms with E-state index in [9.17, 15) is 9.59 Å². The van der Waals surface area contributed by atoms with Gasteiger partial charge in [-0.15, -0.1) is 0 Å². The van der Waals surface area contributed by atoms with Crippen molar-refractivity contribution in [2.75, 3.05) is 17.2 Å². The van der Waals surface area contributed by atoms with Gasteiger partial charge in [0.25, 0.3) is 0 Å². The first-order chi connectivity index (χ1) is 10.0. The van der Waals surface area contributed by atoms with Crippen LogP contribution in [0.3, 0.4) is 0 Å². The van der Waals surface area contributed by atoms with E-state index in [-0.39, 0.29) is 30.4 Å². The van der Waals surface area contributed by atoms with Crippen LogP contribution in [0.15, 0.2) is 18.2 Å². The minimum Gasteiger partial charge on any atom is -0.376 e. The van der Waals surface area contributed by atoms with E-state index in [0.717, 1.165) is 18.6 Å². The maximum absolute atomic E-state index is 11.6. The Morgan fingerprint density at radius 3 is 2.62 bits per heavy atom. The number of amides is 2. The van der Waals surface area contributed by atoms with Gasteiger partial charge in [0.15, 0.2) is 0 Å². The van der Waals surface area contributed by atoms with Crippen molar-refractivity contribution in [3.63, 3.8) is 0 Å². The van der Waals surface area contributed by atoms with Crippen molar-refractivity contribution in [2.24, 2.45) is 11.7 Å². The lowest BCUT2D eigenvalue weighted by molar-refractivity contribution is -0.123. The van der Waals surface area contributed by atoms with Crippen molar-refractivity contribution < 1.29 is 14.3 Å². The summed E-state index contributed by atoms with van der Waals surface area (Å²) in [6, 6.07) is 5.21. The molecular formula is C15H19N3O3. The van der Waals surface area contributed by atoms with Crippen LogP contribution in [0.2, 0.25) is 0 Å². The molecule has 1 aromatic rings. The molecule has 21 heavy (non-hydrogen) atoms. The highest BCUT2D eigenvalue weighted by Gasteiger charge is 2.31. The van der Waals surface area contributed by atoms with Crippen molar-refractivity contribution in [3.8, 4) is 0 Å². The molecule has 6 heteroatoms. The number of benzene rings is 1. The molecule has 3 atom stereocenters. The molecule has 1 saturated heterocycles. The number of nitrogens with two attached hydrogens (primary N) is 1. The smallest absolute Gasteiger partial charge is 0.233 e. The zero-order valence-electron chi connectivity index (χ0n) is 11.9. The number of fused-ring (bicyclic) bond motifs is 1. The molecule has 0 bridgehead atoms. The van der Waals surface area contributed by atoms with Crippen LogP contribution in [0, 0.1) is 5.92 Å². The van der Waals surface area contributed by atoms with E-state index in [1.165, 1.54) is 0 Å². The monoisotopic (exact) mass is 289 g/mol. The zero-order valence-corrected chi connectivity index (χ0v) is 11.9. The van der Waals surface area contributed by atoms with E-state index >= 15 is 0 Å². The third kappa shape index (κ3) is 2.77. The topological polar surface area (TPSA) is 93.4 Å². The van der Waals surface area contributed by atoms with Crippen molar-refractivity contribution in [1.29, 1.82) is 0 Å². The number of hydrogen-bond acceptors (Lipinski definition) is 4. The molecule has 4 N–H and O–H groups in total. The molecule has 112 valence electrons. The zero-order chi connectivity index (χ0) is 15.0. The van der Waals surface area contributed by atoms with E-state index in [1.54, 1.807) is 6.07 Å². The Kier molecular flexibility index (Phi) is 3.65. The van der Waals surface area contributed by atoms with E-state index in [1.807, 2.05) is 12.1 Å². The van der Waals surface area contributed by atoms with Crippen LogP contribution in [-0.2, 0) is 14.3 Å². The highest BCUT2D eigenvalue weighted by Crippen LogP contribution is 2.33. The summed E-state index contributed by atoms with van der Waals surface area (Å²) < 4.78 is 5.71. The molecule has 1 aromatic carbocycles. The van der Waals surface area contributed by atoms with Gasteiger partial charge < -0.3 is 21.1 Å². The van der Waals surface area contributed by atoms with Crippen molar-refractivity contribution in [3.05, 3.63) is 23.8 Å². The first-order valence-corrected chi connectivity index (χ1v) is 7.15. The predicted molar refractivity (Wildman–Crippen MR) is 78.8 cm³/mol. The average Bonchev–Trinajstić information content (AvgIpc) is 2.79. The molecule has 2 aliphatic rings. The van der Waals surface area contributed by atoms with Gasteiger partial charge in [0, 0.05) is 6.61 Å². The molecule has 0 aliphatic carbocycles. The third-order valence-corrected chi connectivity index (χ3v) is 4.10. The summed E-state index contributed by atoms with van der Waals surface area (Å²) in [6.45, 7) is 2.86. The fraction of sp³-hybridized carbons (Fsp3) is 0.467. The van der Waals surface area contributed by atoms with Gasteiger partial charge in [0.1, 0.15) is 6.42 Å². The Morgan fingerprint density at radius 1 is 1.24 bits per heavy atom. The Hall–Kier alpha value is -1.92. The maximum Gasteiger partial charge on any atom is 0.233 e. The normalized spacial score (nSPS) is 26.6. The van der Waals surface area contributed by atoms with Crippen LogP contribution < -0.4 is 16.4 Å². The summed E-state index contributed by atoms with van der Waals surface area (Å²) >= 11 is 0. The van der Waals surface area contributed by atoms with Gasteiger partial charge in [-0.25, -0.2) is 0 Å². The second kappa shape index (κ2) is 5.46. The minimum atomic E-state index is -0.317. The standard InChI is InChI=1S/C15H19N3O3/c1-8-4-5-21-15(8)14(16)9-2-3-10-11(6-9)18-13(20)7-12(19)17-10/h2-3,6,8,14-15H,4-5,7,16H2,1H3,(H,17,19)(H,18,20). The predicted octanol–water partition coefficient (Wildman–Crippen LogP) is 1.39. The second-order valence-electron chi connectivity index (χ2n) is 5.71. The van der Waals surface area contributed by atoms with Gasteiger partial charge in [0.05, 0.1) is 23.5 Å². The van der Waals surface area contributed by atoms with Gasteiger partial charge >= 0.3 is 0 Å². The molecule has 3 rings (SSSR count). The Balaban J connectivity index is 1.88. The largest absolute Gasteiger partial charge is 0.376 e. The van der Waals surface area contributed by atoms with E-state index in [0.29, 0.717) is 17.3 Å². The molecule has 0 radical (unpaired) electrons.